The maximum absolute atomic E-state index is 13.3. The Morgan fingerprint density at radius 2 is 1.84 bits per heavy atom. The number of carbonyl (C=O) groups is 1. The molecule has 0 saturated carbocycles. The number of halogens is 2. The van der Waals surface area contributed by atoms with Gasteiger partial charge in [0.15, 0.2) is 0 Å². The van der Waals surface area contributed by atoms with E-state index < -0.39 is 27.6 Å². The number of carbonyl (C=O) groups excluding carboxylic acids is 1. The van der Waals surface area contributed by atoms with Crippen LogP contribution in [-0.4, -0.2) is 32.2 Å². The van der Waals surface area contributed by atoms with Crippen molar-refractivity contribution in [1.82, 2.24) is 5.32 Å². The van der Waals surface area contributed by atoms with Crippen molar-refractivity contribution in [2.75, 3.05) is 10.6 Å². The van der Waals surface area contributed by atoms with Crippen LogP contribution >= 0.6 is 23.2 Å². The lowest BCUT2D eigenvalue weighted by Gasteiger charge is -2.42. The second-order valence-electron chi connectivity index (χ2n) is 8.13. The molecule has 0 fully saturated rings. The molecule has 1 amide bonds. The van der Waals surface area contributed by atoms with Gasteiger partial charge in [0.1, 0.15) is 17.4 Å². The van der Waals surface area contributed by atoms with E-state index in [0.717, 1.165) is 34.7 Å². The molecule has 174 valence electrons. The lowest BCUT2D eigenvalue weighted by molar-refractivity contribution is -0.123. The lowest BCUT2D eigenvalue weighted by Crippen LogP contribution is -2.51. The molecule has 2 aromatic rings. The first-order valence-corrected chi connectivity index (χ1v) is 13.1. The molecule has 1 heterocycles. The van der Waals surface area contributed by atoms with Crippen LogP contribution in [0, 0.1) is 0 Å². The normalized spacial score (nSPS) is 18.2. The van der Waals surface area contributed by atoms with E-state index in [0.29, 0.717) is 11.4 Å². The van der Waals surface area contributed by atoms with Crippen molar-refractivity contribution in [1.29, 1.82) is 0 Å². The summed E-state index contributed by atoms with van der Waals surface area (Å²) in [6.45, 7) is 5.68. The molecule has 9 heteroatoms. The molecule has 6 nitrogen and oxygen atoms in total. The van der Waals surface area contributed by atoms with Crippen LogP contribution in [0.3, 0.4) is 0 Å². The van der Waals surface area contributed by atoms with E-state index >= 15 is 0 Å². The number of fused-ring (bicyclic) bond motifs is 1. The number of benzene rings is 2. The Hall–Kier alpha value is -1.96. The predicted octanol–water partition coefficient (Wildman–Crippen LogP) is 5.35. The van der Waals surface area contributed by atoms with Gasteiger partial charge in [-0.05, 0) is 44.0 Å². The Morgan fingerprint density at radius 3 is 2.44 bits per heavy atom. The maximum atomic E-state index is 13.3. The number of anilines is 1. The van der Waals surface area contributed by atoms with Gasteiger partial charge in [-0.1, -0.05) is 55.2 Å². The fraction of sp³-hybridized carbons (Fsp3) is 0.435. The Bertz CT molecular complexity index is 1100. The van der Waals surface area contributed by atoms with Gasteiger partial charge in [-0.3, -0.25) is 9.10 Å². The number of nitrogens with zero attached hydrogens (tertiary/aromatic N) is 1. The average Bonchev–Trinajstić information content (AvgIpc) is 2.75. The van der Waals surface area contributed by atoms with Crippen LogP contribution in [0.25, 0.3) is 0 Å². The highest BCUT2D eigenvalue weighted by Crippen LogP contribution is 2.42. The Morgan fingerprint density at radius 1 is 1.19 bits per heavy atom. The smallest absolute Gasteiger partial charge is 0.244 e. The second kappa shape index (κ2) is 9.49. The molecule has 0 saturated heterocycles. The Kier molecular flexibility index (Phi) is 7.32. The summed E-state index contributed by atoms with van der Waals surface area (Å²) in [7, 11) is -3.78. The first-order chi connectivity index (χ1) is 15.0. The molecule has 2 aromatic carbocycles. The SMILES string of the molecule is CCC1(CC)C[C@H](NC(=O)[C@H](C)N(c2ccc(Cl)c(Cl)c2)S(C)(=O)=O)c2ccccc2O1. The van der Waals surface area contributed by atoms with Crippen molar-refractivity contribution in [2.24, 2.45) is 0 Å². The molecular formula is C23H28Cl2N2O4S. The summed E-state index contributed by atoms with van der Waals surface area (Å²) < 4.78 is 32.6. The van der Waals surface area contributed by atoms with Crippen molar-refractivity contribution in [2.45, 2.75) is 57.7 Å². The van der Waals surface area contributed by atoms with Gasteiger partial charge < -0.3 is 10.1 Å². The minimum absolute atomic E-state index is 0.208. The fourth-order valence-corrected chi connectivity index (χ4v) is 5.61. The van der Waals surface area contributed by atoms with Crippen LogP contribution in [0.15, 0.2) is 42.5 Å². The highest BCUT2D eigenvalue weighted by Gasteiger charge is 2.40. The van der Waals surface area contributed by atoms with Crippen LogP contribution in [0.4, 0.5) is 5.69 Å². The molecule has 3 rings (SSSR count). The topological polar surface area (TPSA) is 75.7 Å². The van der Waals surface area contributed by atoms with E-state index in [1.807, 2.05) is 24.3 Å². The van der Waals surface area contributed by atoms with Crippen LogP contribution in [-0.2, 0) is 14.8 Å². The van der Waals surface area contributed by atoms with E-state index in [9.17, 15) is 13.2 Å². The van der Waals surface area contributed by atoms with Gasteiger partial charge >= 0.3 is 0 Å². The second-order valence-corrected chi connectivity index (χ2v) is 10.8. The molecule has 1 N–H and O–H groups in total. The number of para-hydroxylation sites is 1. The molecule has 0 bridgehead atoms. The third kappa shape index (κ3) is 5.00. The zero-order valence-corrected chi connectivity index (χ0v) is 20.9. The number of hydrogen-bond donors (Lipinski definition) is 1. The van der Waals surface area contributed by atoms with Crippen molar-refractivity contribution >= 4 is 44.8 Å². The number of nitrogens with one attached hydrogen (secondary N) is 1. The molecule has 0 aromatic heterocycles. The molecule has 0 radical (unpaired) electrons. The monoisotopic (exact) mass is 498 g/mol. The molecule has 0 spiro atoms. The van der Waals surface area contributed by atoms with Crippen LogP contribution < -0.4 is 14.4 Å². The molecule has 1 aliphatic heterocycles. The maximum Gasteiger partial charge on any atom is 0.244 e. The molecule has 0 aliphatic carbocycles. The minimum Gasteiger partial charge on any atom is -0.487 e. The summed E-state index contributed by atoms with van der Waals surface area (Å²) in [5.41, 5.74) is 0.759. The number of sulfonamides is 1. The molecule has 1 aliphatic rings. The largest absolute Gasteiger partial charge is 0.487 e. The summed E-state index contributed by atoms with van der Waals surface area (Å²) in [5.74, 6) is 0.328. The quantitative estimate of drug-likeness (QED) is 0.558. The zero-order chi connectivity index (χ0) is 23.7. The molecular weight excluding hydrogens is 471 g/mol. The summed E-state index contributed by atoms with van der Waals surface area (Å²) in [5, 5.41) is 3.57. The standard InChI is InChI=1S/C23H28Cl2N2O4S/c1-5-23(6-2)14-20(17-9-7-8-10-21(17)31-23)26-22(28)15(3)27(32(4,29)30)16-11-12-18(24)19(25)13-16/h7-13,15,20H,5-6,14H2,1-4H3,(H,26,28)/t15-,20-/m0/s1. The van der Waals surface area contributed by atoms with Crippen molar-refractivity contribution in [3.63, 3.8) is 0 Å². The summed E-state index contributed by atoms with van der Waals surface area (Å²) in [4.78, 5) is 13.3. The van der Waals surface area contributed by atoms with Gasteiger partial charge in [0, 0.05) is 12.0 Å². The van der Waals surface area contributed by atoms with E-state index in [1.54, 1.807) is 6.92 Å². The fourth-order valence-electron chi connectivity index (χ4n) is 4.15. The van der Waals surface area contributed by atoms with E-state index in [-0.39, 0.29) is 16.8 Å². The average molecular weight is 499 g/mol. The van der Waals surface area contributed by atoms with Crippen LogP contribution in [0.1, 0.15) is 51.6 Å². The van der Waals surface area contributed by atoms with Gasteiger partial charge in [0.05, 0.1) is 28.0 Å². The van der Waals surface area contributed by atoms with Crippen molar-refractivity contribution in [3.8, 4) is 5.75 Å². The highest BCUT2D eigenvalue weighted by molar-refractivity contribution is 7.92. The first kappa shape index (κ1) is 24.7. The number of hydrogen-bond acceptors (Lipinski definition) is 4. The number of amides is 1. The van der Waals surface area contributed by atoms with Crippen LogP contribution in [0.2, 0.25) is 10.0 Å². The summed E-state index contributed by atoms with van der Waals surface area (Å²) >= 11 is 12.1. The summed E-state index contributed by atoms with van der Waals surface area (Å²) in [6, 6.07) is 10.8. The van der Waals surface area contributed by atoms with E-state index in [4.69, 9.17) is 27.9 Å². The lowest BCUT2D eigenvalue weighted by atomic mass is 9.83. The van der Waals surface area contributed by atoms with E-state index in [1.165, 1.54) is 18.2 Å². The highest BCUT2D eigenvalue weighted by atomic mass is 35.5. The Labute approximate surface area is 199 Å². The van der Waals surface area contributed by atoms with Gasteiger partial charge in [0.2, 0.25) is 15.9 Å². The van der Waals surface area contributed by atoms with Crippen LogP contribution in [0.5, 0.6) is 5.75 Å². The molecule has 32 heavy (non-hydrogen) atoms. The zero-order valence-electron chi connectivity index (χ0n) is 18.6. The van der Waals surface area contributed by atoms with Gasteiger partial charge in [-0.15, -0.1) is 0 Å². The third-order valence-corrected chi connectivity index (χ3v) is 8.03. The number of rotatable bonds is 7. The van der Waals surface area contributed by atoms with Gasteiger partial charge in [0.25, 0.3) is 0 Å². The first-order valence-electron chi connectivity index (χ1n) is 10.5. The predicted molar refractivity (Wildman–Crippen MR) is 129 cm³/mol. The third-order valence-electron chi connectivity index (χ3n) is 6.05. The van der Waals surface area contributed by atoms with Gasteiger partial charge in [-0.25, -0.2) is 8.42 Å². The Balaban J connectivity index is 1.92. The van der Waals surface area contributed by atoms with E-state index in [2.05, 4.69) is 19.2 Å². The number of ether oxygens (including phenoxy) is 1. The summed E-state index contributed by atoms with van der Waals surface area (Å²) in [6.07, 6.45) is 3.24. The van der Waals surface area contributed by atoms with Crippen molar-refractivity contribution in [3.05, 3.63) is 58.1 Å². The van der Waals surface area contributed by atoms with Crippen molar-refractivity contribution < 1.29 is 17.9 Å². The molecule has 0 unspecified atom stereocenters. The minimum atomic E-state index is -3.78. The molecule has 2 atom stereocenters. The van der Waals surface area contributed by atoms with Gasteiger partial charge in [-0.2, -0.15) is 0 Å².